The molecular weight excluding hydrogens is 316 g/mol. The van der Waals surface area contributed by atoms with Gasteiger partial charge in [-0.1, -0.05) is 12.1 Å². The van der Waals surface area contributed by atoms with Crippen molar-refractivity contribution >= 4 is 17.6 Å². The smallest absolute Gasteiger partial charge is 0.221 e. The average Bonchev–Trinajstić information content (AvgIpc) is 2.99. The van der Waals surface area contributed by atoms with E-state index in [4.69, 9.17) is 0 Å². The number of nitrogens with one attached hydrogen (secondary N) is 3. The molecule has 3 N–H and O–H groups in total. The standard InChI is InChI=1S/C18H26N6O/c1-4-19-18(21-13-17-10-12-22-24(17)3)20-11-9-15-5-7-16(8-6-15)23-14(2)25/h5-8,10,12H,4,9,11,13H2,1-3H3,(H,23,25)(H2,19,20,21). The Labute approximate surface area is 148 Å². The van der Waals surface area contributed by atoms with Gasteiger partial charge < -0.3 is 16.0 Å². The van der Waals surface area contributed by atoms with Gasteiger partial charge in [0.15, 0.2) is 5.96 Å². The Balaban J connectivity index is 1.84. The van der Waals surface area contributed by atoms with Crippen LogP contribution >= 0.6 is 0 Å². The van der Waals surface area contributed by atoms with Crippen LogP contribution in [0.4, 0.5) is 5.69 Å². The Morgan fingerprint density at radius 3 is 2.56 bits per heavy atom. The van der Waals surface area contributed by atoms with E-state index in [2.05, 4.69) is 26.0 Å². The number of anilines is 1. The third-order valence-corrected chi connectivity index (χ3v) is 3.65. The van der Waals surface area contributed by atoms with E-state index in [1.165, 1.54) is 12.5 Å². The van der Waals surface area contributed by atoms with Crippen molar-refractivity contribution in [2.75, 3.05) is 18.4 Å². The second kappa shape index (κ2) is 9.46. The highest BCUT2D eigenvalue weighted by Crippen LogP contribution is 2.09. The first-order valence-electron chi connectivity index (χ1n) is 8.44. The number of nitrogens with zero attached hydrogens (tertiary/aromatic N) is 3. The number of rotatable bonds is 7. The van der Waals surface area contributed by atoms with E-state index in [0.29, 0.717) is 6.54 Å². The lowest BCUT2D eigenvalue weighted by Gasteiger charge is -2.11. The van der Waals surface area contributed by atoms with Gasteiger partial charge in [0.2, 0.25) is 5.91 Å². The van der Waals surface area contributed by atoms with Gasteiger partial charge in [-0.15, -0.1) is 0 Å². The van der Waals surface area contributed by atoms with Crippen molar-refractivity contribution in [2.24, 2.45) is 12.0 Å². The molecule has 0 aliphatic carbocycles. The number of amides is 1. The number of hydrogen-bond donors (Lipinski definition) is 3. The van der Waals surface area contributed by atoms with E-state index in [0.717, 1.165) is 36.9 Å². The first-order valence-corrected chi connectivity index (χ1v) is 8.44. The number of guanidine groups is 1. The Hall–Kier alpha value is -2.83. The molecular formula is C18H26N6O. The maximum Gasteiger partial charge on any atom is 0.221 e. The highest BCUT2D eigenvalue weighted by Gasteiger charge is 2.01. The van der Waals surface area contributed by atoms with Crippen molar-refractivity contribution < 1.29 is 4.79 Å². The lowest BCUT2D eigenvalue weighted by Crippen LogP contribution is -2.38. The summed E-state index contributed by atoms with van der Waals surface area (Å²) in [6.45, 7) is 5.71. The Morgan fingerprint density at radius 2 is 1.96 bits per heavy atom. The molecule has 0 spiro atoms. The van der Waals surface area contributed by atoms with Crippen LogP contribution in [0.2, 0.25) is 0 Å². The molecule has 0 bridgehead atoms. The summed E-state index contributed by atoms with van der Waals surface area (Å²) in [5.41, 5.74) is 3.07. The Kier molecular flexibility index (Phi) is 7.00. The number of hydrogen-bond acceptors (Lipinski definition) is 3. The summed E-state index contributed by atoms with van der Waals surface area (Å²) in [7, 11) is 1.91. The second-order valence-electron chi connectivity index (χ2n) is 5.70. The van der Waals surface area contributed by atoms with E-state index in [-0.39, 0.29) is 5.91 Å². The number of carbonyl (C=O) groups excluding carboxylic acids is 1. The molecule has 0 aliphatic heterocycles. The Bertz CT molecular complexity index is 705. The summed E-state index contributed by atoms with van der Waals surface area (Å²) < 4.78 is 1.82. The minimum atomic E-state index is -0.0608. The number of aryl methyl sites for hydroxylation is 1. The molecule has 7 nitrogen and oxygen atoms in total. The number of aromatic nitrogens is 2. The van der Waals surface area contributed by atoms with E-state index in [1.54, 1.807) is 6.20 Å². The molecule has 2 aromatic rings. The van der Waals surface area contributed by atoms with Crippen LogP contribution in [-0.2, 0) is 24.8 Å². The monoisotopic (exact) mass is 342 g/mol. The van der Waals surface area contributed by atoms with Crippen LogP contribution in [0.25, 0.3) is 0 Å². The third kappa shape index (κ3) is 6.29. The SMILES string of the molecule is CCNC(=NCc1ccnn1C)NCCc1ccc(NC(C)=O)cc1. The number of aliphatic imine (C=N–C) groups is 1. The molecule has 0 saturated carbocycles. The summed E-state index contributed by atoms with van der Waals surface area (Å²) in [6.07, 6.45) is 2.65. The summed E-state index contributed by atoms with van der Waals surface area (Å²) in [6, 6.07) is 9.83. The van der Waals surface area contributed by atoms with Crippen molar-refractivity contribution in [3.05, 3.63) is 47.8 Å². The van der Waals surface area contributed by atoms with E-state index in [1.807, 2.05) is 49.0 Å². The van der Waals surface area contributed by atoms with Gasteiger partial charge in [0, 0.05) is 38.9 Å². The van der Waals surface area contributed by atoms with Gasteiger partial charge in [-0.3, -0.25) is 9.48 Å². The predicted molar refractivity (Wildman–Crippen MR) is 100 cm³/mol. The normalized spacial score (nSPS) is 11.2. The molecule has 0 atom stereocenters. The van der Waals surface area contributed by atoms with E-state index < -0.39 is 0 Å². The van der Waals surface area contributed by atoms with Crippen LogP contribution in [0.3, 0.4) is 0 Å². The van der Waals surface area contributed by atoms with Gasteiger partial charge in [0.05, 0.1) is 12.2 Å². The predicted octanol–water partition coefficient (Wildman–Crippen LogP) is 1.68. The van der Waals surface area contributed by atoms with Crippen LogP contribution in [-0.4, -0.2) is 34.7 Å². The van der Waals surface area contributed by atoms with E-state index >= 15 is 0 Å². The van der Waals surface area contributed by atoms with Crippen LogP contribution < -0.4 is 16.0 Å². The molecule has 1 aromatic heterocycles. The number of carbonyl (C=O) groups is 1. The molecule has 1 amide bonds. The van der Waals surface area contributed by atoms with Gasteiger partial charge in [-0.2, -0.15) is 5.10 Å². The molecule has 2 rings (SSSR count). The number of benzene rings is 1. The lowest BCUT2D eigenvalue weighted by atomic mass is 10.1. The summed E-state index contributed by atoms with van der Waals surface area (Å²) in [5, 5.41) is 13.5. The zero-order valence-electron chi connectivity index (χ0n) is 15.0. The van der Waals surface area contributed by atoms with Gasteiger partial charge >= 0.3 is 0 Å². The molecule has 0 unspecified atom stereocenters. The van der Waals surface area contributed by atoms with Crippen molar-refractivity contribution in [3.8, 4) is 0 Å². The summed E-state index contributed by atoms with van der Waals surface area (Å²) in [4.78, 5) is 15.6. The highest BCUT2D eigenvalue weighted by atomic mass is 16.1. The molecule has 0 aliphatic rings. The zero-order valence-corrected chi connectivity index (χ0v) is 15.0. The minimum Gasteiger partial charge on any atom is -0.357 e. The van der Waals surface area contributed by atoms with Gasteiger partial charge in [-0.05, 0) is 37.1 Å². The van der Waals surface area contributed by atoms with Crippen molar-refractivity contribution in [3.63, 3.8) is 0 Å². The van der Waals surface area contributed by atoms with Crippen LogP contribution in [0.1, 0.15) is 25.1 Å². The third-order valence-electron chi connectivity index (χ3n) is 3.65. The maximum absolute atomic E-state index is 11.0. The first-order chi connectivity index (χ1) is 12.1. The van der Waals surface area contributed by atoms with E-state index in [9.17, 15) is 4.79 Å². The van der Waals surface area contributed by atoms with Crippen LogP contribution in [0.15, 0.2) is 41.5 Å². The Morgan fingerprint density at radius 1 is 1.20 bits per heavy atom. The summed E-state index contributed by atoms with van der Waals surface area (Å²) in [5.74, 6) is 0.730. The van der Waals surface area contributed by atoms with Crippen molar-refractivity contribution in [2.45, 2.75) is 26.8 Å². The second-order valence-corrected chi connectivity index (χ2v) is 5.70. The minimum absolute atomic E-state index is 0.0608. The quantitative estimate of drug-likeness (QED) is 0.528. The average molecular weight is 342 g/mol. The molecule has 134 valence electrons. The molecule has 1 heterocycles. The van der Waals surface area contributed by atoms with Crippen molar-refractivity contribution in [1.82, 2.24) is 20.4 Å². The molecule has 7 heteroatoms. The zero-order chi connectivity index (χ0) is 18.1. The van der Waals surface area contributed by atoms with Crippen molar-refractivity contribution in [1.29, 1.82) is 0 Å². The summed E-state index contributed by atoms with van der Waals surface area (Å²) >= 11 is 0. The lowest BCUT2D eigenvalue weighted by molar-refractivity contribution is -0.114. The fourth-order valence-electron chi connectivity index (χ4n) is 2.34. The van der Waals surface area contributed by atoms with Crippen LogP contribution in [0, 0.1) is 0 Å². The fourth-order valence-corrected chi connectivity index (χ4v) is 2.34. The van der Waals surface area contributed by atoms with Gasteiger partial charge in [0.1, 0.15) is 0 Å². The first kappa shape index (κ1) is 18.5. The molecule has 0 fully saturated rings. The highest BCUT2D eigenvalue weighted by molar-refractivity contribution is 5.88. The molecule has 25 heavy (non-hydrogen) atoms. The van der Waals surface area contributed by atoms with Gasteiger partial charge in [-0.25, -0.2) is 4.99 Å². The largest absolute Gasteiger partial charge is 0.357 e. The fraction of sp³-hybridized carbons (Fsp3) is 0.389. The molecule has 0 radical (unpaired) electrons. The van der Waals surface area contributed by atoms with Gasteiger partial charge in [0.25, 0.3) is 0 Å². The van der Waals surface area contributed by atoms with Crippen LogP contribution in [0.5, 0.6) is 0 Å². The maximum atomic E-state index is 11.0. The molecule has 0 saturated heterocycles. The topological polar surface area (TPSA) is 83.3 Å². The molecule has 1 aromatic carbocycles.